The molecule has 0 heterocycles. The van der Waals surface area contributed by atoms with Crippen LogP contribution in [0.5, 0.6) is 0 Å². The number of benzene rings is 1. The molecule has 0 radical (unpaired) electrons. The zero-order chi connectivity index (χ0) is 14.1. The Morgan fingerprint density at radius 2 is 1.37 bits per heavy atom. The molecule has 0 aromatic heterocycles. The number of aliphatic hydroxyl groups excluding tert-OH is 1. The van der Waals surface area contributed by atoms with Crippen LogP contribution in [0.4, 0.5) is 0 Å². The molecule has 0 bridgehead atoms. The third kappa shape index (κ3) is 6.24. The number of hydrogen-bond acceptors (Lipinski definition) is 1. The lowest BCUT2D eigenvalue weighted by Gasteiger charge is -2.12. The summed E-state index contributed by atoms with van der Waals surface area (Å²) in [6.07, 6.45) is 8.30. The summed E-state index contributed by atoms with van der Waals surface area (Å²) in [6, 6.07) is 8.45. The summed E-state index contributed by atoms with van der Waals surface area (Å²) in [5.74, 6) is 0.560. The van der Waals surface area contributed by atoms with Crippen LogP contribution < -0.4 is 0 Å². The zero-order valence-corrected chi connectivity index (χ0v) is 12.9. The van der Waals surface area contributed by atoms with E-state index in [9.17, 15) is 5.11 Å². The van der Waals surface area contributed by atoms with Gasteiger partial charge in [-0.05, 0) is 23.5 Å². The highest BCUT2D eigenvalue weighted by atomic mass is 16.3. The average Bonchev–Trinajstić information content (AvgIpc) is 2.42. The van der Waals surface area contributed by atoms with Gasteiger partial charge in [-0.1, -0.05) is 83.6 Å². The van der Waals surface area contributed by atoms with Crippen LogP contribution in [-0.4, -0.2) is 5.11 Å². The van der Waals surface area contributed by atoms with E-state index in [-0.39, 0.29) is 6.10 Å². The smallest absolute Gasteiger partial charge is 0.0790 e. The topological polar surface area (TPSA) is 20.2 Å². The Hall–Kier alpha value is -0.820. The Morgan fingerprint density at radius 1 is 0.842 bits per heavy atom. The largest absolute Gasteiger partial charge is 0.388 e. The summed E-state index contributed by atoms with van der Waals surface area (Å²) >= 11 is 0. The monoisotopic (exact) mass is 262 g/mol. The van der Waals surface area contributed by atoms with Crippen molar-refractivity contribution in [2.24, 2.45) is 0 Å². The van der Waals surface area contributed by atoms with E-state index in [0.29, 0.717) is 5.92 Å². The fourth-order valence-electron chi connectivity index (χ4n) is 2.39. The van der Waals surface area contributed by atoms with E-state index >= 15 is 0 Å². The minimum Gasteiger partial charge on any atom is -0.388 e. The average molecular weight is 262 g/mol. The molecule has 19 heavy (non-hydrogen) atoms. The molecule has 108 valence electrons. The maximum absolute atomic E-state index is 10.2. The van der Waals surface area contributed by atoms with Gasteiger partial charge in [0.15, 0.2) is 0 Å². The first-order chi connectivity index (χ1) is 9.15. The Kier molecular flexibility index (Phi) is 7.81. The Balaban J connectivity index is 2.27. The van der Waals surface area contributed by atoms with Gasteiger partial charge in [0.25, 0.3) is 0 Å². The normalized spacial score (nSPS) is 12.9. The molecule has 0 aliphatic heterocycles. The molecule has 0 fully saturated rings. The number of hydrogen-bond donors (Lipinski definition) is 1. The molecule has 1 aromatic rings. The van der Waals surface area contributed by atoms with Gasteiger partial charge in [-0.15, -0.1) is 0 Å². The van der Waals surface area contributed by atoms with Crippen molar-refractivity contribution in [3.8, 4) is 0 Å². The highest BCUT2D eigenvalue weighted by Gasteiger charge is 2.07. The highest BCUT2D eigenvalue weighted by molar-refractivity contribution is 5.25. The lowest BCUT2D eigenvalue weighted by atomic mass is 9.97. The van der Waals surface area contributed by atoms with E-state index in [1.165, 1.54) is 37.7 Å². The third-order valence-corrected chi connectivity index (χ3v) is 3.82. The van der Waals surface area contributed by atoms with Crippen molar-refractivity contribution in [3.05, 3.63) is 35.4 Å². The summed E-state index contributed by atoms with van der Waals surface area (Å²) in [7, 11) is 0. The summed E-state index contributed by atoms with van der Waals surface area (Å²) in [5, 5.41) is 10.2. The molecule has 1 unspecified atom stereocenters. The Labute approximate surface area is 119 Å². The SMILES string of the molecule is CCCCCCCCC(O)c1ccc(C(C)C)cc1. The second-order valence-electron chi connectivity index (χ2n) is 5.89. The van der Waals surface area contributed by atoms with E-state index in [0.717, 1.165) is 18.4 Å². The van der Waals surface area contributed by atoms with Gasteiger partial charge in [-0.3, -0.25) is 0 Å². The fraction of sp³-hybridized carbons (Fsp3) is 0.667. The molecule has 1 nitrogen and oxygen atoms in total. The predicted octanol–water partition coefficient (Wildman–Crippen LogP) is 5.59. The molecule has 1 N–H and O–H groups in total. The molecule has 0 aliphatic carbocycles. The van der Waals surface area contributed by atoms with Crippen molar-refractivity contribution >= 4 is 0 Å². The van der Waals surface area contributed by atoms with E-state index in [1.807, 2.05) is 0 Å². The van der Waals surface area contributed by atoms with Gasteiger partial charge in [-0.2, -0.15) is 0 Å². The lowest BCUT2D eigenvalue weighted by Crippen LogP contribution is -1.98. The van der Waals surface area contributed by atoms with Crippen molar-refractivity contribution < 1.29 is 5.11 Å². The van der Waals surface area contributed by atoms with E-state index in [2.05, 4.69) is 45.0 Å². The van der Waals surface area contributed by atoms with E-state index in [4.69, 9.17) is 0 Å². The van der Waals surface area contributed by atoms with Gasteiger partial charge in [0.1, 0.15) is 0 Å². The maximum Gasteiger partial charge on any atom is 0.0790 e. The Morgan fingerprint density at radius 3 is 1.95 bits per heavy atom. The number of aliphatic hydroxyl groups is 1. The van der Waals surface area contributed by atoms with Crippen molar-refractivity contribution in [1.82, 2.24) is 0 Å². The summed E-state index contributed by atoms with van der Waals surface area (Å²) in [6.45, 7) is 6.63. The van der Waals surface area contributed by atoms with Gasteiger partial charge < -0.3 is 5.11 Å². The van der Waals surface area contributed by atoms with Crippen LogP contribution in [-0.2, 0) is 0 Å². The van der Waals surface area contributed by atoms with Gasteiger partial charge in [-0.25, -0.2) is 0 Å². The lowest BCUT2D eigenvalue weighted by molar-refractivity contribution is 0.163. The molecule has 0 spiro atoms. The van der Waals surface area contributed by atoms with Crippen molar-refractivity contribution in [2.75, 3.05) is 0 Å². The molecule has 1 rings (SSSR count). The first-order valence-corrected chi connectivity index (χ1v) is 7.93. The number of unbranched alkanes of at least 4 members (excludes halogenated alkanes) is 5. The minimum absolute atomic E-state index is 0.285. The molecule has 1 atom stereocenters. The molecule has 1 aromatic carbocycles. The van der Waals surface area contributed by atoms with Gasteiger partial charge in [0, 0.05) is 0 Å². The molecule has 0 saturated carbocycles. The van der Waals surface area contributed by atoms with Crippen molar-refractivity contribution in [2.45, 2.75) is 77.7 Å². The maximum atomic E-state index is 10.2. The molecular formula is C18H30O. The highest BCUT2D eigenvalue weighted by Crippen LogP contribution is 2.22. The molecule has 0 saturated heterocycles. The summed E-state index contributed by atoms with van der Waals surface area (Å²) < 4.78 is 0. The summed E-state index contributed by atoms with van der Waals surface area (Å²) in [5.41, 5.74) is 2.41. The first kappa shape index (κ1) is 16.2. The Bertz CT molecular complexity index is 326. The van der Waals surface area contributed by atoms with Crippen LogP contribution in [0.25, 0.3) is 0 Å². The van der Waals surface area contributed by atoms with Crippen LogP contribution in [0.1, 0.15) is 88.9 Å². The first-order valence-electron chi connectivity index (χ1n) is 7.93. The van der Waals surface area contributed by atoms with Crippen LogP contribution in [0.15, 0.2) is 24.3 Å². The second kappa shape index (κ2) is 9.14. The summed E-state index contributed by atoms with van der Waals surface area (Å²) in [4.78, 5) is 0. The minimum atomic E-state index is -0.285. The molecule has 0 aliphatic rings. The fourth-order valence-corrected chi connectivity index (χ4v) is 2.39. The van der Waals surface area contributed by atoms with Crippen LogP contribution >= 0.6 is 0 Å². The molecule has 0 amide bonds. The van der Waals surface area contributed by atoms with Crippen molar-refractivity contribution in [1.29, 1.82) is 0 Å². The van der Waals surface area contributed by atoms with Crippen LogP contribution in [0.3, 0.4) is 0 Å². The van der Waals surface area contributed by atoms with Crippen molar-refractivity contribution in [3.63, 3.8) is 0 Å². The van der Waals surface area contributed by atoms with Gasteiger partial charge >= 0.3 is 0 Å². The van der Waals surface area contributed by atoms with Gasteiger partial charge in [0.05, 0.1) is 6.10 Å². The zero-order valence-electron chi connectivity index (χ0n) is 12.9. The molecular weight excluding hydrogens is 232 g/mol. The second-order valence-corrected chi connectivity index (χ2v) is 5.89. The van der Waals surface area contributed by atoms with E-state index in [1.54, 1.807) is 0 Å². The molecule has 1 heteroatoms. The predicted molar refractivity (Wildman–Crippen MR) is 83.5 cm³/mol. The van der Waals surface area contributed by atoms with Crippen LogP contribution in [0.2, 0.25) is 0 Å². The third-order valence-electron chi connectivity index (χ3n) is 3.82. The van der Waals surface area contributed by atoms with Gasteiger partial charge in [0.2, 0.25) is 0 Å². The standard InChI is InChI=1S/C18H30O/c1-4-5-6-7-8-9-10-18(19)17-13-11-16(12-14-17)15(2)3/h11-15,18-19H,4-10H2,1-3H3. The quantitative estimate of drug-likeness (QED) is 0.575. The van der Waals surface area contributed by atoms with E-state index < -0.39 is 0 Å². The van der Waals surface area contributed by atoms with Crippen LogP contribution in [0, 0.1) is 0 Å². The number of rotatable bonds is 9.